The first-order valence-corrected chi connectivity index (χ1v) is 15.4. The van der Waals surface area contributed by atoms with Gasteiger partial charge in [0.15, 0.2) is 0 Å². The van der Waals surface area contributed by atoms with Crippen LogP contribution in [0.1, 0.15) is 27.8 Å². The van der Waals surface area contributed by atoms with E-state index < -0.39 is 23.7 Å². The van der Waals surface area contributed by atoms with Crippen molar-refractivity contribution in [1.82, 2.24) is 19.7 Å². The highest BCUT2D eigenvalue weighted by atomic mass is 19.4. The molecule has 0 saturated carbocycles. The lowest BCUT2D eigenvalue weighted by molar-refractivity contribution is -0.145. The number of benzene rings is 3. The van der Waals surface area contributed by atoms with Crippen molar-refractivity contribution in [1.29, 1.82) is 0 Å². The summed E-state index contributed by atoms with van der Waals surface area (Å²) >= 11 is 0. The van der Waals surface area contributed by atoms with E-state index in [1.54, 1.807) is 18.3 Å². The summed E-state index contributed by atoms with van der Waals surface area (Å²) in [4.78, 5) is 38.3. The minimum absolute atomic E-state index is 0.0877. The number of ether oxygens (including phenoxy) is 1. The summed E-state index contributed by atoms with van der Waals surface area (Å²) in [6, 6.07) is 26.9. The molecule has 1 aliphatic rings. The third-order valence-corrected chi connectivity index (χ3v) is 8.17. The van der Waals surface area contributed by atoms with E-state index in [2.05, 4.69) is 22.0 Å². The highest BCUT2D eigenvalue weighted by Gasteiger charge is 2.34. The number of piperazine rings is 1. The van der Waals surface area contributed by atoms with E-state index in [9.17, 15) is 22.8 Å². The number of hydrogen-bond acceptors (Lipinski definition) is 5. The highest BCUT2D eigenvalue weighted by molar-refractivity contribution is 5.95. The van der Waals surface area contributed by atoms with Crippen LogP contribution in [0.25, 0.3) is 6.08 Å². The molecule has 0 aliphatic carbocycles. The van der Waals surface area contributed by atoms with Crippen LogP contribution < -0.4 is 4.74 Å². The van der Waals surface area contributed by atoms with Gasteiger partial charge in [0.05, 0.1) is 12.7 Å². The number of alkyl halides is 3. The second kappa shape index (κ2) is 15.6. The maximum atomic E-state index is 14.4. The van der Waals surface area contributed by atoms with Crippen molar-refractivity contribution in [3.63, 3.8) is 0 Å². The lowest BCUT2D eigenvalue weighted by Crippen LogP contribution is -2.56. The Morgan fingerprint density at radius 1 is 0.851 bits per heavy atom. The Morgan fingerprint density at radius 2 is 1.49 bits per heavy atom. The fourth-order valence-electron chi connectivity index (χ4n) is 5.56. The first-order valence-electron chi connectivity index (χ1n) is 15.4. The SMILES string of the molecule is COc1ccc(CN(C(=O)/C=C/c2ccc(C(F)(F)F)cc2)[C@@H](Cc2ccccc2)C(=O)N2CCN(Cc3ccccc3)CC2)cn1. The van der Waals surface area contributed by atoms with E-state index in [1.807, 2.05) is 53.4 Å². The van der Waals surface area contributed by atoms with Crippen LogP contribution in [0.15, 0.2) is 109 Å². The first-order chi connectivity index (χ1) is 22.7. The number of carbonyl (C=O) groups excluding carboxylic acids is 2. The summed E-state index contributed by atoms with van der Waals surface area (Å²) in [5, 5.41) is 0. The van der Waals surface area contributed by atoms with Crippen LogP contribution in [0.2, 0.25) is 0 Å². The quantitative estimate of drug-likeness (QED) is 0.185. The lowest BCUT2D eigenvalue weighted by atomic mass is 10.0. The molecular formula is C37H37F3N4O3. The van der Waals surface area contributed by atoms with Gasteiger partial charge >= 0.3 is 6.18 Å². The molecule has 0 N–H and O–H groups in total. The minimum atomic E-state index is -4.46. The number of rotatable bonds is 11. The Bertz CT molecular complexity index is 1620. The zero-order chi connectivity index (χ0) is 33.2. The van der Waals surface area contributed by atoms with Gasteiger partial charge in [-0.25, -0.2) is 4.98 Å². The molecular weight excluding hydrogens is 605 g/mol. The van der Waals surface area contributed by atoms with Crippen LogP contribution in [0.5, 0.6) is 5.88 Å². The number of carbonyl (C=O) groups is 2. The summed E-state index contributed by atoms with van der Waals surface area (Å²) < 4.78 is 44.4. The average molecular weight is 643 g/mol. The molecule has 0 unspecified atom stereocenters. The van der Waals surface area contributed by atoms with Crippen molar-refractivity contribution < 1.29 is 27.5 Å². The zero-order valence-electron chi connectivity index (χ0n) is 26.1. The van der Waals surface area contributed by atoms with Crippen molar-refractivity contribution in [3.8, 4) is 5.88 Å². The maximum Gasteiger partial charge on any atom is 0.416 e. The number of pyridine rings is 1. The van der Waals surface area contributed by atoms with Crippen LogP contribution in [0.3, 0.4) is 0 Å². The average Bonchev–Trinajstić information content (AvgIpc) is 3.10. The molecule has 0 spiro atoms. The summed E-state index contributed by atoms with van der Waals surface area (Å²) in [5.41, 5.74) is 2.45. The molecule has 3 aromatic carbocycles. The molecule has 5 rings (SSSR count). The maximum absolute atomic E-state index is 14.4. The molecule has 1 atom stereocenters. The third kappa shape index (κ3) is 9.29. The highest BCUT2D eigenvalue weighted by Crippen LogP contribution is 2.29. The molecule has 7 nitrogen and oxygen atoms in total. The fourth-order valence-corrected chi connectivity index (χ4v) is 5.56. The van der Waals surface area contributed by atoms with Crippen LogP contribution >= 0.6 is 0 Å². The Morgan fingerprint density at radius 3 is 2.06 bits per heavy atom. The molecule has 2 amide bonds. The van der Waals surface area contributed by atoms with E-state index in [0.717, 1.165) is 24.2 Å². The molecule has 1 aromatic heterocycles. The number of halogens is 3. The Balaban J connectivity index is 1.41. The fraction of sp³-hybridized carbons (Fsp3) is 0.270. The molecule has 244 valence electrons. The van der Waals surface area contributed by atoms with E-state index >= 15 is 0 Å². The lowest BCUT2D eigenvalue weighted by Gasteiger charge is -2.39. The molecule has 47 heavy (non-hydrogen) atoms. The predicted octanol–water partition coefficient (Wildman–Crippen LogP) is 6.11. The van der Waals surface area contributed by atoms with Gasteiger partial charge in [-0.1, -0.05) is 78.9 Å². The third-order valence-electron chi connectivity index (χ3n) is 8.17. The predicted molar refractivity (Wildman–Crippen MR) is 174 cm³/mol. The van der Waals surface area contributed by atoms with Gasteiger partial charge in [-0.15, -0.1) is 0 Å². The van der Waals surface area contributed by atoms with Gasteiger partial charge in [-0.2, -0.15) is 13.2 Å². The van der Waals surface area contributed by atoms with Crippen LogP contribution in [-0.4, -0.2) is 70.8 Å². The van der Waals surface area contributed by atoms with Gasteiger partial charge < -0.3 is 14.5 Å². The molecule has 1 aliphatic heterocycles. The normalized spacial score (nSPS) is 14.6. The van der Waals surface area contributed by atoms with Crippen molar-refractivity contribution in [2.75, 3.05) is 33.3 Å². The van der Waals surface area contributed by atoms with Crippen molar-refractivity contribution >= 4 is 17.9 Å². The standard InChI is InChI=1S/C37H37F3N4O3/c1-47-34-18-14-31(25-41-34)27-44(35(45)19-15-28-12-16-32(17-13-28)37(38,39)40)33(24-29-8-4-2-5-9-29)36(46)43-22-20-42(21-23-43)26-30-10-6-3-7-11-30/h2-19,25,33H,20-24,26-27H2,1H3/b19-15+/t33-/m0/s1. The Labute approximate surface area is 272 Å². The van der Waals surface area contributed by atoms with E-state index in [4.69, 9.17) is 4.74 Å². The summed E-state index contributed by atoms with van der Waals surface area (Å²) in [6.07, 6.45) is 0.203. The number of aromatic nitrogens is 1. The summed E-state index contributed by atoms with van der Waals surface area (Å²) in [6.45, 7) is 3.31. The monoisotopic (exact) mass is 642 g/mol. The van der Waals surface area contributed by atoms with Crippen LogP contribution in [0.4, 0.5) is 13.2 Å². The largest absolute Gasteiger partial charge is 0.481 e. The van der Waals surface area contributed by atoms with Crippen LogP contribution in [0, 0.1) is 0 Å². The van der Waals surface area contributed by atoms with Crippen molar-refractivity contribution in [2.24, 2.45) is 0 Å². The van der Waals surface area contributed by atoms with Crippen LogP contribution in [-0.2, 0) is 35.3 Å². The smallest absolute Gasteiger partial charge is 0.416 e. The molecule has 0 radical (unpaired) electrons. The van der Waals surface area contributed by atoms with E-state index in [1.165, 1.54) is 41.9 Å². The number of methoxy groups -OCH3 is 1. The molecule has 0 bridgehead atoms. The van der Waals surface area contributed by atoms with Crippen molar-refractivity contribution in [3.05, 3.63) is 137 Å². The molecule has 1 saturated heterocycles. The topological polar surface area (TPSA) is 66.0 Å². The van der Waals surface area contributed by atoms with E-state index in [-0.39, 0.29) is 18.9 Å². The van der Waals surface area contributed by atoms with Gasteiger partial charge in [0, 0.05) is 64.0 Å². The zero-order valence-corrected chi connectivity index (χ0v) is 26.1. The Hall–Kier alpha value is -4.96. The molecule has 2 heterocycles. The van der Waals surface area contributed by atoms with Gasteiger partial charge in [-0.3, -0.25) is 14.5 Å². The number of nitrogens with zero attached hydrogens (tertiary/aromatic N) is 4. The second-order valence-electron chi connectivity index (χ2n) is 11.4. The minimum Gasteiger partial charge on any atom is -0.481 e. The van der Waals surface area contributed by atoms with Gasteiger partial charge in [0.1, 0.15) is 6.04 Å². The second-order valence-corrected chi connectivity index (χ2v) is 11.4. The Kier molecular flexibility index (Phi) is 11.1. The summed E-state index contributed by atoms with van der Waals surface area (Å²) in [7, 11) is 1.51. The van der Waals surface area contributed by atoms with Crippen molar-refractivity contribution in [2.45, 2.75) is 31.7 Å². The summed E-state index contributed by atoms with van der Waals surface area (Å²) in [5.74, 6) is -0.192. The molecule has 10 heteroatoms. The van der Waals surface area contributed by atoms with Gasteiger partial charge in [0.25, 0.3) is 0 Å². The van der Waals surface area contributed by atoms with Gasteiger partial charge in [-0.05, 0) is 40.5 Å². The molecule has 4 aromatic rings. The number of amides is 2. The van der Waals surface area contributed by atoms with Gasteiger partial charge in [0.2, 0.25) is 17.7 Å². The molecule has 1 fully saturated rings. The number of hydrogen-bond donors (Lipinski definition) is 0. The first kappa shape index (κ1) is 33.4. The van der Waals surface area contributed by atoms with E-state index in [0.29, 0.717) is 43.2 Å².